The third-order valence-corrected chi connectivity index (χ3v) is 6.29. The molecule has 0 atom stereocenters. The number of aryl methyl sites for hydroxylation is 1. The van der Waals surface area contributed by atoms with E-state index >= 15 is 0 Å². The Balaban J connectivity index is 1.32. The third kappa shape index (κ3) is 5.96. The van der Waals surface area contributed by atoms with Gasteiger partial charge in [-0.25, -0.2) is 0 Å². The maximum atomic E-state index is 12.3. The van der Waals surface area contributed by atoms with Gasteiger partial charge in [-0.3, -0.25) is 10.1 Å². The Labute approximate surface area is 208 Å². The van der Waals surface area contributed by atoms with Gasteiger partial charge in [0.2, 0.25) is 5.91 Å². The Morgan fingerprint density at radius 3 is 2.58 bits per heavy atom. The molecule has 1 saturated heterocycles. The average Bonchev–Trinajstić information content (AvgIpc) is 3.46. The fourth-order valence-electron chi connectivity index (χ4n) is 3.62. The molecular weight excluding hydrogens is 477 g/mol. The molecule has 4 rings (SSSR count). The highest BCUT2D eigenvalue weighted by Gasteiger charge is 2.15. The Morgan fingerprint density at radius 2 is 1.85 bits per heavy atom. The van der Waals surface area contributed by atoms with Crippen LogP contribution in [0, 0.1) is 6.92 Å². The lowest BCUT2D eigenvalue weighted by molar-refractivity contribution is -0.115. The molecule has 2 N–H and O–H groups in total. The molecule has 0 bridgehead atoms. The third-order valence-electron chi connectivity index (χ3n) is 5.37. The van der Waals surface area contributed by atoms with Crippen LogP contribution in [0.1, 0.15) is 24.2 Å². The normalized spacial score (nSPS) is 13.5. The van der Waals surface area contributed by atoms with Crippen LogP contribution in [0.5, 0.6) is 0 Å². The molecule has 1 aromatic heterocycles. The van der Waals surface area contributed by atoms with Gasteiger partial charge in [-0.1, -0.05) is 35.3 Å². The van der Waals surface area contributed by atoms with Crippen LogP contribution in [0.15, 0.2) is 59.0 Å². The zero-order chi connectivity index (χ0) is 23.4. The van der Waals surface area contributed by atoms with E-state index in [1.165, 1.54) is 18.9 Å². The van der Waals surface area contributed by atoms with E-state index in [0.29, 0.717) is 27.3 Å². The van der Waals surface area contributed by atoms with Gasteiger partial charge in [0.05, 0.1) is 10.7 Å². The zero-order valence-electron chi connectivity index (χ0n) is 18.0. The second kappa shape index (κ2) is 10.4. The average molecular weight is 500 g/mol. The van der Waals surface area contributed by atoms with Crippen molar-refractivity contribution in [3.05, 3.63) is 76.0 Å². The maximum absolute atomic E-state index is 12.3. The first-order chi connectivity index (χ1) is 15.9. The number of hydrogen-bond donors (Lipinski definition) is 2. The highest BCUT2D eigenvalue weighted by Crippen LogP contribution is 2.31. The molecule has 2 heterocycles. The van der Waals surface area contributed by atoms with E-state index in [4.69, 9.17) is 39.8 Å². The molecule has 1 fully saturated rings. The summed E-state index contributed by atoms with van der Waals surface area (Å²) in [5.41, 5.74) is 3.60. The van der Waals surface area contributed by atoms with Crippen LogP contribution < -0.4 is 15.5 Å². The van der Waals surface area contributed by atoms with E-state index in [9.17, 15) is 4.79 Å². The molecule has 33 heavy (non-hydrogen) atoms. The fourth-order valence-corrected chi connectivity index (χ4v) is 4.32. The van der Waals surface area contributed by atoms with Gasteiger partial charge in [-0.15, -0.1) is 0 Å². The molecule has 1 amide bonds. The van der Waals surface area contributed by atoms with Gasteiger partial charge in [-0.2, -0.15) is 0 Å². The predicted molar refractivity (Wildman–Crippen MR) is 140 cm³/mol. The molecule has 0 spiro atoms. The molecule has 1 aliphatic rings. The topological polar surface area (TPSA) is 57.5 Å². The number of nitrogens with one attached hydrogen (secondary N) is 2. The monoisotopic (exact) mass is 499 g/mol. The van der Waals surface area contributed by atoms with E-state index in [2.05, 4.69) is 15.5 Å². The number of halogens is 2. The SMILES string of the molecule is Cc1ccc(-c2ccc(/C=C/C(=O)NC(=S)Nc3ccc(N4CCCC4)c(Cl)c3)o2)cc1Cl. The molecule has 170 valence electrons. The van der Waals surface area contributed by atoms with Crippen molar-refractivity contribution in [2.45, 2.75) is 19.8 Å². The van der Waals surface area contributed by atoms with Crippen molar-refractivity contribution in [1.29, 1.82) is 0 Å². The van der Waals surface area contributed by atoms with Crippen LogP contribution >= 0.6 is 35.4 Å². The number of benzene rings is 2. The molecule has 2 aromatic carbocycles. The smallest absolute Gasteiger partial charge is 0.250 e. The summed E-state index contributed by atoms with van der Waals surface area (Å²) in [4.78, 5) is 14.5. The van der Waals surface area contributed by atoms with Crippen LogP contribution in [-0.4, -0.2) is 24.1 Å². The number of carbonyl (C=O) groups is 1. The molecule has 0 unspecified atom stereocenters. The summed E-state index contributed by atoms with van der Waals surface area (Å²) in [5, 5.41) is 7.12. The second-order valence-electron chi connectivity index (χ2n) is 7.80. The number of hydrogen-bond acceptors (Lipinski definition) is 4. The van der Waals surface area contributed by atoms with Gasteiger partial charge in [0.15, 0.2) is 5.11 Å². The minimum Gasteiger partial charge on any atom is -0.457 e. The molecule has 0 saturated carbocycles. The summed E-state index contributed by atoms with van der Waals surface area (Å²) < 4.78 is 5.79. The van der Waals surface area contributed by atoms with Gasteiger partial charge < -0.3 is 14.6 Å². The summed E-state index contributed by atoms with van der Waals surface area (Å²) in [7, 11) is 0. The minimum atomic E-state index is -0.372. The van der Waals surface area contributed by atoms with Crippen LogP contribution in [0.25, 0.3) is 17.4 Å². The van der Waals surface area contributed by atoms with E-state index < -0.39 is 0 Å². The number of furan rings is 1. The van der Waals surface area contributed by atoms with Crippen LogP contribution in [0.3, 0.4) is 0 Å². The van der Waals surface area contributed by atoms with Crippen LogP contribution in [0.2, 0.25) is 10.0 Å². The molecule has 0 aliphatic carbocycles. The van der Waals surface area contributed by atoms with Crippen LogP contribution in [0.4, 0.5) is 11.4 Å². The van der Waals surface area contributed by atoms with Gasteiger partial charge in [0, 0.05) is 35.4 Å². The summed E-state index contributed by atoms with van der Waals surface area (Å²) in [6.07, 6.45) is 5.31. The summed E-state index contributed by atoms with van der Waals surface area (Å²) in [5.74, 6) is 0.840. The molecule has 0 radical (unpaired) electrons. The lowest BCUT2D eigenvalue weighted by Gasteiger charge is -2.20. The molecule has 1 aliphatic heterocycles. The Bertz CT molecular complexity index is 1220. The molecule has 3 aromatic rings. The number of rotatable bonds is 5. The van der Waals surface area contributed by atoms with Crippen molar-refractivity contribution in [2.24, 2.45) is 0 Å². The van der Waals surface area contributed by atoms with E-state index in [1.54, 1.807) is 12.1 Å². The van der Waals surface area contributed by atoms with E-state index in [1.807, 2.05) is 49.4 Å². The van der Waals surface area contributed by atoms with Gasteiger partial charge in [0.1, 0.15) is 11.5 Å². The Morgan fingerprint density at radius 1 is 1.06 bits per heavy atom. The van der Waals surface area contributed by atoms with Crippen LogP contribution in [-0.2, 0) is 4.79 Å². The van der Waals surface area contributed by atoms with Gasteiger partial charge in [-0.05, 0) is 80.0 Å². The van der Waals surface area contributed by atoms with Crippen molar-refractivity contribution >= 4 is 63.9 Å². The lowest BCUT2D eigenvalue weighted by atomic mass is 10.1. The van der Waals surface area contributed by atoms with Gasteiger partial charge >= 0.3 is 0 Å². The summed E-state index contributed by atoms with van der Waals surface area (Å²) in [6.45, 7) is 3.98. The quantitative estimate of drug-likeness (QED) is 0.302. The van der Waals surface area contributed by atoms with Gasteiger partial charge in [0.25, 0.3) is 0 Å². The van der Waals surface area contributed by atoms with Crippen molar-refractivity contribution in [2.75, 3.05) is 23.3 Å². The minimum absolute atomic E-state index is 0.184. The Kier molecular flexibility index (Phi) is 7.38. The molecule has 5 nitrogen and oxygen atoms in total. The highest BCUT2D eigenvalue weighted by molar-refractivity contribution is 7.80. The van der Waals surface area contributed by atoms with Crippen molar-refractivity contribution in [1.82, 2.24) is 5.32 Å². The summed E-state index contributed by atoms with van der Waals surface area (Å²) in [6, 6.07) is 15.0. The first-order valence-electron chi connectivity index (χ1n) is 10.6. The van der Waals surface area contributed by atoms with Crippen molar-refractivity contribution < 1.29 is 9.21 Å². The highest BCUT2D eigenvalue weighted by atomic mass is 35.5. The number of nitrogens with zero attached hydrogens (tertiary/aromatic N) is 1. The molecule has 8 heteroatoms. The number of thiocarbonyl (C=S) groups is 1. The van der Waals surface area contributed by atoms with Crippen molar-refractivity contribution in [3.63, 3.8) is 0 Å². The number of anilines is 2. The standard InChI is InChI=1S/C25H23Cl2N3O2S/c1-16-4-5-17(14-20(16)26)23-10-7-19(32-23)8-11-24(31)29-25(33)28-18-6-9-22(21(27)15-18)30-12-2-3-13-30/h4-11,14-15H,2-3,12-13H2,1H3,(H2,28,29,31,33)/b11-8+. The van der Waals surface area contributed by atoms with Crippen molar-refractivity contribution in [3.8, 4) is 11.3 Å². The number of amides is 1. The van der Waals surface area contributed by atoms with E-state index in [0.717, 1.165) is 29.9 Å². The molecular formula is C25H23Cl2N3O2S. The largest absolute Gasteiger partial charge is 0.457 e. The zero-order valence-corrected chi connectivity index (χ0v) is 20.4. The first kappa shape index (κ1) is 23.4. The second-order valence-corrected chi connectivity index (χ2v) is 9.03. The Hall–Kier alpha value is -2.80. The fraction of sp³-hybridized carbons (Fsp3) is 0.200. The van der Waals surface area contributed by atoms with E-state index in [-0.39, 0.29) is 11.0 Å². The predicted octanol–water partition coefficient (Wildman–Crippen LogP) is 6.69. The number of carbonyl (C=O) groups excluding carboxylic acids is 1. The maximum Gasteiger partial charge on any atom is 0.250 e. The first-order valence-corrected chi connectivity index (χ1v) is 11.8. The lowest BCUT2D eigenvalue weighted by Crippen LogP contribution is -2.32. The summed E-state index contributed by atoms with van der Waals surface area (Å²) >= 11 is 17.9.